The number of rotatable bonds is 7. The lowest BCUT2D eigenvalue weighted by Crippen LogP contribution is -2.41. The van der Waals surface area contributed by atoms with Crippen LogP contribution in [0.15, 0.2) is 42.6 Å². The van der Waals surface area contributed by atoms with E-state index >= 15 is 0 Å². The topological polar surface area (TPSA) is 138 Å². The number of imidazole rings is 1. The number of amides is 2. The molecule has 0 atom stereocenters. The molecule has 0 aliphatic heterocycles. The lowest BCUT2D eigenvalue weighted by atomic mass is 10.1. The number of nitrogens with one attached hydrogen (secondary N) is 3. The Labute approximate surface area is 193 Å². The molecule has 2 aromatic heterocycles. The molecule has 178 valence electrons. The summed E-state index contributed by atoms with van der Waals surface area (Å²) in [5.41, 5.74) is 2.93. The van der Waals surface area contributed by atoms with E-state index in [1.807, 2.05) is 64.3 Å². The van der Waals surface area contributed by atoms with Crippen LogP contribution in [0.5, 0.6) is 0 Å². The van der Waals surface area contributed by atoms with Crippen LogP contribution in [-0.2, 0) is 9.59 Å². The highest BCUT2D eigenvalue weighted by Crippen LogP contribution is 2.19. The number of aliphatic hydroxyl groups excluding tert-OH is 1. The fourth-order valence-corrected chi connectivity index (χ4v) is 2.65. The van der Waals surface area contributed by atoms with Crippen molar-refractivity contribution in [3.05, 3.63) is 48.2 Å². The van der Waals surface area contributed by atoms with Crippen LogP contribution in [0.25, 0.3) is 16.9 Å². The molecule has 3 aromatic rings. The predicted molar refractivity (Wildman–Crippen MR) is 128 cm³/mol. The van der Waals surface area contributed by atoms with E-state index in [-0.39, 0.29) is 11.4 Å². The normalized spacial score (nSPS) is 10.1. The molecule has 0 aliphatic carbocycles. The largest absolute Gasteiger partial charge is 0.400 e. The van der Waals surface area contributed by atoms with Crippen LogP contribution in [0.3, 0.4) is 0 Å². The smallest absolute Gasteiger partial charge is 0.222 e. The summed E-state index contributed by atoms with van der Waals surface area (Å²) in [6.45, 7) is 6.14. The second-order valence-corrected chi connectivity index (χ2v) is 7.76. The number of benzene rings is 1. The van der Waals surface area contributed by atoms with E-state index in [1.165, 1.54) is 0 Å². The highest BCUT2D eigenvalue weighted by Gasteiger charge is 2.12. The number of nitrogens with zero attached hydrogens (tertiary/aromatic N) is 3. The van der Waals surface area contributed by atoms with Crippen LogP contribution in [0.1, 0.15) is 37.6 Å². The number of aliphatic hydroxyl groups is 1. The van der Waals surface area contributed by atoms with Gasteiger partial charge in [-0.25, -0.2) is 9.50 Å². The Morgan fingerprint density at radius 1 is 1.15 bits per heavy atom. The van der Waals surface area contributed by atoms with Crippen LogP contribution in [0.2, 0.25) is 0 Å². The highest BCUT2D eigenvalue weighted by molar-refractivity contribution is 5.78. The maximum atomic E-state index is 11.1. The molecule has 0 radical (unpaired) electrons. The Hall–Kier alpha value is -3.79. The Bertz CT molecular complexity index is 1040. The molecule has 0 saturated carbocycles. The number of hydrogen-bond donors (Lipinski definition) is 4. The molecule has 4 N–H and O–H groups in total. The molecule has 10 heteroatoms. The van der Waals surface area contributed by atoms with Crippen molar-refractivity contribution in [3.63, 3.8) is 0 Å². The first-order valence-corrected chi connectivity index (χ1v) is 10.3. The summed E-state index contributed by atoms with van der Waals surface area (Å²) >= 11 is 0. The number of aldehydes is 1. The molecule has 0 spiro atoms. The molecule has 0 bridgehead atoms. The maximum absolute atomic E-state index is 11.1. The van der Waals surface area contributed by atoms with E-state index in [0.717, 1.165) is 36.1 Å². The molecule has 2 heterocycles. The molecular formula is C23H32N6O4. The Kier molecular flexibility index (Phi) is 11.2. The van der Waals surface area contributed by atoms with Crippen molar-refractivity contribution in [1.82, 2.24) is 25.2 Å². The third-order valence-electron chi connectivity index (χ3n) is 3.99. The molecule has 0 fully saturated rings. The van der Waals surface area contributed by atoms with Crippen molar-refractivity contribution in [2.75, 3.05) is 26.0 Å². The van der Waals surface area contributed by atoms with Gasteiger partial charge in [-0.15, -0.1) is 0 Å². The number of carbonyl (C=O) groups is 3. The average Bonchev–Trinajstić information content (AvgIpc) is 3.22. The van der Waals surface area contributed by atoms with Crippen LogP contribution in [0, 0.1) is 0 Å². The Morgan fingerprint density at radius 2 is 1.88 bits per heavy atom. The zero-order chi connectivity index (χ0) is 24.9. The number of hydrogen-bond acceptors (Lipinski definition) is 7. The molecule has 1 aromatic carbocycles. The summed E-state index contributed by atoms with van der Waals surface area (Å²) in [6.07, 6.45) is 3.57. The van der Waals surface area contributed by atoms with Crippen LogP contribution in [-0.4, -0.2) is 64.5 Å². The molecule has 0 saturated heterocycles. The van der Waals surface area contributed by atoms with Crippen molar-refractivity contribution in [3.8, 4) is 11.3 Å². The molecule has 33 heavy (non-hydrogen) atoms. The van der Waals surface area contributed by atoms with Crippen LogP contribution in [0.4, 0.5) is 5.82 Å². The SMILES string of the molecule is CC(C)(C)NC(=O)CCNC=O.CNc1cn2nc(-c3cccc(C=O)c3)ccc2n1.CO. The average molecular weight is 457 g/mol. The lowest BCUT2D eigenvalue weighted by Gasteiger charge is -2.20. The molecule has 10 nitrogen and oxygen atoms in total. The van der Waals surface area contributed by atoms with Gasteiger partial charge in [0.05, 0.1) is 11.9 Å². The van der Waals surface area contributed by atoms with Gasteiger partial charge in [-0.05, 0) is 39.0 Å². The minimum absolute atomic E-state index is 0.0446. The summed E-state index contributed by atoms with van der Waals surface area (Å²) < 4.78 is 1.72. The lowest BCUT2D eigenvalue weighted by molar-refractivity contribution is -0.122. The van der Waals surface area contributed by atoms with Crippen LogP contribution < -0.4 is 16.0 Å². The van der Waals surface area contributed by atoms with E-state index in [4.69, 9.17) is 5.11 Å². The molecule has 0 unspecified atom stereocenters. The van der Waals surface area contributed by atoms with E-state index in [9.17, 15) is 14.4 Å². The molecule has 0 aliphatic rings. The van der Waals surface area contributed by atoms with E-state index in [1.54, 1.807) is 10.6 Å². The molecular weight excluding hydrogens is 424 g/mol. The second kappa shape index (κ2) is 13.6. The minimum atomic E-state index is -0.196. The summed E-state index contributed by atoms with van der Waals surface area (Å²) in [5, 5.41) is 19.7. The summed E-state index contributed by atoms with van der Waals surface area (Å²) in [4.78, 5) is 36.0. The maximum Gasteiger partial charge on any atom is 0.222 e. The van der Waals surface area contributed by atoms with E-state index in [0.29, 0.717) is 24.9 Å². The third-order valence-corrected chi connectivity index (χ3v) is 3.99. The van der Waals surface area contributed by atoms with Crippen LogP contribution >= 0.6 is 0 Å². The number of fused-ring (bicyclic) bond motifs is 1. The summed E-state index contributed by atoms with van der Waals surface area (Å²) in [7, 11) is 2.82. The highest BCUT2D eigenvalue weighted by atomic mass is 16.2. The van der Waals surface area contributed by atoms with Gasteiger partial charge in [-0.2, -0.15) is 5.10 Å². The van der Waals surface area contributed by atoms with Crippen molar-refractivity contribution >= 4 is 30.1 Å². The van der Waals surface area contributed by atoms with Gasteiger partial charge in [-0.1, -0.05) is 18.2 Å². The molecule has 3 rings (SSSR count). The fourth-order valence-electron chi connectivity index (χ4n) is 2.65. The fraction of sp³-hybridized carbons (Fsp3) is 0.348. The van der Waals surface area contributed by atoms with Gasteiger partial charge in [0.2, 0.25) is 12.3 Å². The third kappa shape index (κ3) is 9.48. The van der Waals surface area contributed by atoms with Gasteiger partial charge < -0.3 is 21.1 Å². The number of carbonyl (C=O) groups excluding carboxylic acids is 3. The molecule has 2 amide bonds. The monoisotopic (exact) mass is 456 g/mol. The van der Waals surface area contributed by atoms with Crippen molar-refractivity contribution in [2.45, 2.75) is 32.7 Å². The minimum Gasteiger partial charge on any atom is -0.400 e. The van der Waals surface area contributed by atoms with Gasteiger partial charge in [0.1, 0.15) is 12.1 Å². The quantitative estimate of drug-likeness (QED) is 0.315. The van der Waals surface area contributed by atoms with Gasteiger partial charge in [-0.3, -0.25) is 14.4 Å². The first kappa shape index (κ1) is 27.2. The summed E-state index contributed by atoms with van der Waals surface area (Å²) in [6, 6.07) is 11.2. The van der Waals surface area contributed by atoms with Crippen molar-refractivity contribution in [2.24, 2.45) is 0 Å². The van der Waals surface area contributed by atoms with Gasteiger partial charge in [0.15, 0.2) is 5.65 Å². The Morgan fingerprint density at radius 3 is 2.48 bits per heavy atom. The van der Waals surface area contributed by atoms with E-state index < -0.39 is 0 Å². The van der Waals surface area contributed by atoms with Gasteiger partial charge in [0, 0.05) is 43.8 Å². The van der Waals surface area contributed by atoms with Gasteiger partial charge in [0.25, 0.3) is 0 Å². The van der Waals surface area contributed by atoms with Gasteiger partial charge >= 0.3 is 0 Å². The summed E-state index contributed by atoms with van der Waals surface area (Å²) in [5.74, 6) is 0.725. The van der Waals surface area contributed by atoms with Crippen molar-refractivity contribution in [1.29, 1.82) is 0 Å². The van der Waals surface area contributed by atoms with E-state index in [2.05, 4.69) is 26.0 Å². The number of anilines is 1. The Balaban J connectivity index is 0.000000339. The first-order valence-electron chi connectivity index (χ1n) is 10.3. The van der Waals surface area contributed by atoms with Crippen molar-refractivity contribution < 1.29 is 19.5 Å². The second-order valence-electron chi connectivity index (χ2n) is 7.76. The number of aromatic nitrogens is 3. The first-order chi connectivity index (χ1) is 15.8. The standard InChI is InChI=1S/C14H12N4O.C8H16N2O2.CH4O/c1-15-13-8-18-14(16-13)6-5-12(17-18)11-4-2-3-10(7-11)9-19;1-8(2,3)10-7(12)4-5-9-6-11;1-2/h2-9,15H,1H3;6H,4-5H2,1-3H3,(H,9,11)(H,10,12);2H,1H3. The zero-order valence-electron chi connectivity index (χ0n) is 19.6. The predicted octanol–water partition coefficient (Wildman–Crippen LogP) is 1.90. The zero-order valence-corrected chi connectivity index (χ0v) is 19.6.